The molecule has 106 valence electrons. The van der Waals surface area contributed by atoms with E-state index in [0.29, 0.717) is 0 Å². The first-order chi connectivity index (χ1) is 9.70. The first-order valence-corrected chi connectivity index (χ1v) is 7.57. The summed E-state index contributed by atoms with van der Waals surface area (Å²) >= 11 is 1.66. The molecule has 2 N–H and O–H groups in total. The third kappa shape index (κ3) is 3.92. The maximum Gasteiger partial charge on any atom is 0.223 e. The van der Waals surface area contributed by atoms with Crippen LogP contribution in [0.5, 0.6) is 0 Å². The zero-order valence-electron chi connectivity index (χ0n) is 11.5. The zero-order valence-corrected chi connectivity index (χ0v) is 12.3. The van der Waals surface area contributed by atoms with E-state index in [1.165, 1.54) is 4.88 Å². The highest BCUT2D eigenvalue weighted by Crippen LogP contribution is 2.17. The number of aliphatic hydroxyl groups is 1. The summed E-state index contributed by atoms with van der Waals surface area (Å²) in [6.07, 6.45) is 0.733. The lowest BCUT2D eigenvalue weighted by Crippen LogP contribution is -2.35. The number of hydrogen-bond acceptors (Lipinski definition) is 3. The van der Waals surface area contributed by atoms with Gasteiger partial charge in [0.25, 0.3) is 0 Å². The van der Waals surface area contributed by atoms with Crippen LogP contribution in [0.3, 0.4) is 0 Å². The van der Waals surface area contributed by atoms with Gasteiger partial charge in [0, 0.05) is 10.8 Å². The van der Waals surface area contributed by atoms with Gasteiger partial charge in [-0.1, -0.05) is 43.3 Å². The van der Waals surface area contributed by atoms with Crippen LogP contribution in [0.15, 0.2) is 47.8 Å². The first kappa shape index (κ1) is 14.8. The quantitative estimate of drug-likeness (QED) is 0.859. The molecule has 0 bridgehead atoms. The van der Waals surface area contributed by atoms with E-state index in [9.17, 15) is 9.90 Å². The topological polar surface area (TPSA) is 49.3 Å². The largest absolute Gasteiger partial charge is 0.394 e. The van der Waals surface area contributed by atoms with E-state index in [4.69, 9.17) is 0 Å². The normalized spacial score (nSPS) is 13.7. The second-order valence-electron chi connectivity index (χ2n) is 4.84. The number of rotatable bonds is 6. The number of aliphatic hydroxyl groups excluding tert-OH is 1. The second kappa shape index (κ2) is 7.22. The fraction of sp³-hybridized carbons (Fsp3) is 0.312. The van der Waals surface area contributed by atoms with Crippen molar-refractivity contribution in [1.82, 2.24) is 5.32 Å². The van der Waals surface area contributed by atoms with Crippen LogP contribution in [0.2, 0.25) is 0 Å². The SMILES string of the molecule is CC(Cc1cccs1)C(=O)NC(CO)c1ccccc1. The summed E-state index contributed by atoms with van der Waals surface area (Å²) in [5.74, 6) is -0.132. The van der Waals surface area contributed by atoms with Crippen molar-refractivity contribution in [2.45, 2.75) is 19.4 Å². The average molecular weight is 289 g/mol. The minimum atomic E-state index is -0.338. The molecule has 0 radical (unpaired) electrons. The van der Waals surface area contributed by atoms with E-state index in [2.05, 4.69) is 5.32 Å². The molecule has 1 aromatic heterocycles. The average Bonchev–Trinajstić information content (AvgIpc) is 2.98. The molecule has 0 saturated carbocycles. The Morgan fingerprint density at radius 1 is 1.25 bits per heavy atom. The van der Waals surface area contributed by atoms with Crippen LogP contribution in [0.1, 0.15) is 23.4 Å². The van der Waals surface area contributed by atoms with E-state index in [-0.39, 0.29) is 24.5 Å². The van der Waals surface area contributed by atoms with Gasteiger partial charge >= 0.3 is 0 Å². The molecule has 2 rings (SSSR count). The molecule has 1 aromatic carbocycles. The molecule has 2 atom stereocenters. The number of benzene rings is 1. The smallest absolute Gasteiger partial charge is 0.223 e. The van der Waals surface area contributed by atoms with Crippen molar-refractivity contribution in [2.24, 2.45) is 5.92 Å². The van der Waals surface area contributed by atoms with Crippen molar-refractivity contribution in [3.63, 3.8) is 0 Å². The molecule has 0 saturated heterocycles. The lowest BCUT2D eigenvalue weighted by Gasteiger charge is -2.19. The van der Waals surface area contributed by atoms with Crippen molar-refractivity contribution < 1.29 is 9.90 Å². The highest BCUT2D eigenvalue weighted by atomic mass is 32.1. The second-order valence-corrected chi connectivity index (χ2v) is 5.87. The Hall–Kier alpha value is -1.65. The fourth-order valence-corrected chi connectivity index (χ4v) is 2.89. The van der Waals surface area contributed by atoms with Gasteiger partial charge in [0.15, 0.2) is 0 Å². The summed E-state index contributed by atoms with van der Waals surface area (Å²) in [7, 11) is 0. The first-order valence-electron chi connectivity index (χ1n) is 6.69. The molecule has 0 spiro atoms. The molecule has 4 heteroatoms. The number of hydrogen-bond donors (Lipinski definition) is 2. The van der Waals surface area contributed by atoms with Crippen molar-refractivity contribution in [3.8, 4) is 0 Å². The number of amides is 1. The van der Waals surface area contributed by atoms with Crippen LogP contribution in [0, 0.1) is 5.92 Å². The van der Waals surface area contributed by atoms with Gasteiger partial charge in [-0.3, -0.25) is 4.79 Å². The maximum atomic E-state index is 12.2. The van der Waals surface area contributed by atoms with Crippen molar-refractivity contribution in [2.75, 3.05) is 6.61 Å². The molecule has 0 aliphatic heterocycles. The van der Waals surface area contributed by atoms with Crippen LogP contribution in [-0.4, -0.2) is 17.6 Å². The third-order valence-electron chi connectivity index (χ3n) is 3.24. The Labute approximate surface area is 123 Å². The lowest BCUT2D eigenvalue weighted by atomic mass is 10.0. The van der Waals surface area contributed by atoms with Gasteiger partial charge in [-0.05, 0) is 23.4 Å². The predicted octanol–water partition coefficient (Wildman–Crippen LogP) is 2.78. The number of carbonyl (C=O) groups excluding carboxylic acids is 1. The molecule has 2 aromatic rings. The molecule has 3 nitrogen and oxygen atoms in total. The van der Waals surface area contributed by atoms with Crippen LogP contribution in [0.25, 0.3) is 0 Å². The van der Waals surface area contributed by atoms with E-state index in [0.717, 1.165) is 12.0 Å². The van der Waals surface area contributed by atoms with Crippen molar-refractivity contribution >= 4 is 17.2 Å². The summed E-state index contributed by atoms with van der Waals surface area (Å²) in [5, 5.41) is 14.4. The molecule has 1 heterocycles. The standard InChI is InChI=1S/C16H19NO2S/c1-12(10-14-8-5-9-20-14)16(19)17-15(11-18)13-6-3-2-4-7-13/h2-9,12,15,18H,10-11H2,1H3,(H,17,19). The predicted molar refractivity (Wildman–Crippen MR) is 81.6 cm³/mol. The molecule has 0 aliphatic carbocycles. The number of thiophene rings is 1. The molecule has 1 amide bonds. The monoisotopic (exact) mass is 289 g/mol. The van der Waals surface area contributed by atoms with Gasteiger partial charge in [-0.25, -0.2) is 0 Å². The summed E-state index contributed by atoms with van der Waals surface area (Å²) in [6.45, 7) is 1.82. The van der Waals surface area contributed by atoms with Gasteiger partial charge in [0.2, 0.25) is 5.91 Å². The highest BCUT2D eigenvalue weighted by Gasteiger charge is 2.18. The number of nitrogens with one attached hydrogen (secondary N) is 1. The molecule has 20 heavy (non-hydrogen) atoms. The van der Waals surface area contributed by atoms with Crippen molar-refractivity contribution in [1.29, 1.82) is 0 Å². The molecular formula is C16H19NO2S. The van der Waals surface area contributed by atoms with Gasteiger partial charge < -0.3 is 10.4 Å². The molecule has 0 aliphatic rings. The summed E-state index contributed by atoms with van der Waals surface area (Å²) in [4.78, 5) is 13.4. The minimum Gasteiger partial charge on any atom is -0.394 e. The van der Waals surface area contributed by atoms with Gasteiger partial charge in [0.1, 0.15) is 0 Å². The number of carbonyl (C=O) groups is 1. The Bertz CT molecular complexity index is 525. The van der Waals surface area contributed by atoms with Crippen LogP contribution < -0.4 is 5.32 Å². The van der Waals surface area contributed by atoms with E-state index in [1.807, 2.05) is 54.8 Å². The Balaban J connectivity index is 1.95. The third-order valence-corrected chi connectivity index (χ3v) is 4.13. The zero-order chi connectivity index (χ0) is 14.4. The van der Waals surface area contributed by atoms with Gasteiger partial charge in [-0.15, -0.1) is 11.3 Å². The maximum absolute atomic E-state index is 12.2. The van der Waals surface area contributed by atoms with E-state index >= 15 is 0 Å². The highest BCUT2D eigenvalue weighted by molar-refractivity contribution is 7.09. The summed E-state index contributed by atoms with van der Waals surface area (Å²) < 4.78 is 0. The van der Waals surface area contributed by atoms with E-state index in [1.54, 1.807) is 11.3 Å². The Morgan fingerprint density at radius 3 is 2.60 bits per heavy atom. The van der Waals surface area contributed by atoms with Gasteiger partial charge in [-0.2, -0.15) is 0 Å². The van der Waals surface area contributed by atoms with E-state index < -0.39 is 0 Å². The molecule has 2 unspecified atom stereocenters. The van der Waals surface area contributed by atoms with Crippen molar-refractivity contribution in [3.05, 3.63) is 58.3 Å². The molecular weight excluding hydrogens is 270 g/mol. The Kier molecular flexibility index (Phi) is 5.32. The van der Waals surface area contributed by atoms with Gasteiger partial charge in [0.05, 0.1) is 12.6 Å². The van der Waals surface area contributed by atoms with Crippen LogP contribution >= 0.6 is 11.3 Å². The fourth-order valence-electron chi connectivity index (χ4n) is 2.06. The lowest BCUT2D eigenvalue weighted by molar-refractivity contribution is -0.125. The summed E-state index contributed by atoms with van der Waals surface area (Å²) in [6, 6.07) is 13.2. The Morgan fingerprint density at radius 2 is 2.00 bits per heavy atom. The van der Waals surface area contributed by atoms with Crippen LogP contribution in [-0.2, 0) is 11.2 Å². The van der Waals surface area contributed by atoms with Crippen LogP contribution in [0.4, 0.5) is 0 Å². The summed E-state index contributed by atoms with van der Waals surface area (Å²) in [5.41, 5.74) is 0.923. The minimum absolute atomic E-state index is 0.0266. The molecule has 0 fully saturated rings.